The van der Waals surface area contributed by atoms with E-state index in [0.717, 1.165) is 39.7 Å². The number of thiocarbonyl (C=S) groups is 1. The number of amides is 2. The first kappa shape index (κ1) is 19.0. The molecule has 0 radical (unpaired) electrons. The lowest BCUT2D eigenvalue weighted by atomic mass is 10.2. The van der Waals surface area contributed by atoms with Crippen LogP contribution in [0.4, 0.5) is 11.4 Å². The predicted octanol–water partition coefficient (Wildman–Crippen LogP) is 3.20. The molecule has 2 aromatic rings. The van der Waals surface area contributed by atoms with Gasteiger partial charge in [-0.15, -0.1) is 11.3 Å². The Labute approximate surface area is 166 Å². The molecule has 0 bridgehead atoms. The first-order valence-corrected chi connectivity index (χ1v) is 9.51. The zero-order valence-electron chi connectivity index (χ0n) is 13.4. The zero-order chi connectivity index (χ0) is 19.6. The maximum atomic E-state index is 12.5. The number of phenolic OH excluding ortho intramolecular Hbond substituents is 1. The van der Waals surface area contributed by atoms with Gasteiger partial charge in [-0.2, -0.15) is 0 Å². The molecule has 1 fully saturated rings. The fourth-order valence-corrected chi connectivity index (χ4v) is 4.19. The van der Waals surface area contributed by atoms with Gasteiger partial charge in [0.05, 0.1) is 15.5 Å². The molecule has 2 amide bonds. The molecule has 2 heterocycles. The summed E-state index contributed by atoms with van der Waals surface area (Å²) in [7, 11) is 0. The van der Waals surface area contributed by atoms with Crippen molar-refractivity contribution in [2.24, 2.45) is 0 Å². The van der Waals surface area contributed by atoms with Crippen molar-refractivity contribution in [3.8, 4) is 5.75 Å². The molecule has 1 aromatic carbocycles. The van der Waals surface area contributed by atoms with Crippen LogP contribution in [0, 0.1) is 10.1 Å². The first-order valence-electron chi connectivity index (χ1n) is 7.41. The number of benzene rings is 1. The molecular formula is C16H11N3O5S3. The van der Waals surface area contributed by atoms with Crippen molar-refractivity contribution in [3.05, 3.63) is 55.6 Å². The predicted molar refractivity (Wildman–Crippen MR) is 108 cm³/mol. The van der Waals surface area contributed by atoms with Crippen molar-refractivity contribution in [2.75, 3.05) is 11.9 Å². The number of nitro benzene ring substituents is 1. The number of thiophene rings is 1. The van der Waals surface area contributed by atoms with Gasteiger partial charge in [0.15, 0.2) is 0 Å². The van der Waals surface area contributed by atoms with E-state index in [1.165, 1.54) is 11.3 Å². The number of aromatic hydroxyl groups is 1. The SMILES string of the molecule is O=C(CN1C(=O)C(=Cc2cccs2)SC1=S)Nc1cc([N+](=O)[O-])ccc1O. The Morgan fingerprint density at radius 1 is 1.41 bits per heavy atom. The van der Waals surface area contributed by atoms with Gasteiger partial charge in [-0.25, -0.2) is 0 Å². The van der Waals surface area contributed by atoms with Gasteiger partial charge in [-0.1, -0.05) is 30.0 Å². The van der Waals surface area contributed by atoms with Gasteiger partial charge >= 0.3 is 0 Å². The molecule has 3 rings (SSSR count). The maximum Gasteiger partial charge on any atom is 0.271 e. The van der Waals surface area contributed by atoms with E-state index in [0.29, 0.717) is 4.91 Å². The molecular weight excluding hydrogens is 410 g/mol. The normalized spacial score (nSPS) is 15.4. The highest BCUT2D eigenvalue weighted by Crippen LogP contribution is 2.33. The Bertz CT molecular complexity index is 972. The summed E-state index contributed by atoms with van der Waals surface area (Å²) >= 11 is 7.73. The number of hydrogen-bond acceptors (Lipinski definition) is 8. The summed E-state index contributed by atoms with van der Waals surface area (Å²) < 4.78 is 0.237. The van der Waals surface area contributed by atoms with Crippen LogP contribution in [0.2, 0.25) is 0 Å². The van der Waals surface area contributed by atoms with E-state index in [9.17, 15) is 24.8 Å². The van der Waals surface area contributed by atoms with Gasteiger partial charge in [0.25, 0.3) is 11.6 Å². The second-order valence-electron chi connectivity index (χ2n) is 5.29. The zero-order valence-corrected chi connectivity index (χ0v) is 15.9. The third kappa shape index (κ3) is 4.32. The monoisotopic (exact) mass is 421 g/mol. The Balaban J connectivity index is 1.71. The van der Waals surface area contributed by atoms with Crippen molar-refractivity contribution in [1.29, 1.82) is 0 Å². The van der Waals surface area contributed by atoms with Gasteiger partial charge < -0.3 is 10.4 Å². The van der Waals surface area contributed by atoms with E-state index in [2.05, 4.69) is 5.32 Å². The largest absolute Gasteiger partial charge is 0.506 e. The molecule has 0 atom stereocenters. The summed E-state index contributed by atoms with van der Waals surface area (Å²) in [6.45, 7) is -0.366. The number of nitrogens with zero attached hydrogens (tertiary/aromatic N) is 2. The van der Waals surface area contributed by atoms with Gasteiger partial charge in [-0.3, -0.25) is 24.6 Å². The van der Waals surface area contributed by atoms with E-state index < -0.39 is 16.7 Å². The van der Waals surface area contributed by atoms with E-state index >= 15 is 0 Å². The molecule has 138 valence electrons. The lowest BCUT2D eigenvalue weighted by Crippen LogP contribution is -2.36. The van der Waals surface area contributed by atoms with Crippen LogP contribution in [0.15, 0.2) is 40.6 Å². The quantitative estimate of drug-likeness (QED) is 0.251. The summed E-state index contributed by atoms with van der Waals surface area (Å²) in [4.78, 5) is 37.3. The molecule has 27 heavy (non-hydrogen) atoms. The molecule has 1 aliphatic rings. The number of nitro groups is 1. The average Bonchev–Trinajstić information content (AvgIpc) is 3.21. The molecule has 1 aromatic heterocycles. The van der Waals surface area contributed by atoms with Crippen molar-refractivity contribution < 1.29 is 19.6 Å². The third-order valence-electron chi connectivity index (χ3n) is 3.46. The van der Waals surface area contributed by atoms with Crippen LogP contribution < -0.4 is 5.32 Å². The summed E-state index contributed by atoms with van der Waals surface area (Å²) in [5.41, 5.74) is -0.402. The van der Waals surface area contributed by atoms with Crippen LogP contribution in [-0.4, -0.2) is 37.6 Å². The van der Waals surface area contributed by atoms with E-state index in [1.807, 2.05) is 17.5 Å². The summed E-state index contributed by atoms with van der Waals surface area (Å²) in [6, 6.07) is 6.97. The van der Waals surface area contributed by atoms with E-state index in [4.69, 9.17) is 12.2 Å². The smallest absolute Gasteiger partial charge is 0.271 e. The third-order valence-corrected chi connectivity index (χ3v) is 5.65. The summed E-state index contributed by atoms with van der Waals surface area (Å²) in [5, 5.41) is 24.8. The number of carbonyl (C=O) groups is 2. The highest BCUT2D eigenvalue weighted by molar-refractivity contribution is 8.26. The highest BCUT2D eigenvalue weighted by Gasteiger charge is 2.33. The van der Waals surface area contributed by atoms with Crippen molar-refractivity contribution >= 4 is 68.9 Å². The Kier molecular flexibility index (Phi) is 5.54. The molecule has 0 aliphatic carbocycles. The fraction of sp³-hybridized carbons (Fsp3) is 0.0625. The van der Waals surface area contributed by atoms with E-state index in [1.54, 1.807) is 6.08 Å². The molecule has 0 saturated carbocycles. The number of rotatable bonds is 5. The Morgan fingerprint density at radius 2 is 2.19 bits per heavy atom. The molecule has 0 unspecified atom stereocenters. The minimum atomic E-state index is -0.646. The van der Waals surface area contributed by atoms with Gasteiger partial charge in [-0.05, 0) is 23.6 Å². The van der Waals surface area contributed by atoms with Crippen LogP contribution >= 0.6 is 35.3 Å². The van der Waals surface area contributed by atoms with Gasteiger partial charge in [0, 0.05) is 17.0 Å². The van der Waals surface area contributed by atoms with Gasteiger partial charge in [0.2, 0.25) is 5.91 Å². The molecule has 8 nitrogen and oxygen atoms in total. The van der Waals surface area contributed by atoms with E-state index in [-0.39, 0.29) is 28.0 Å². The minimum absolute atomic E-state index is 0.117. The molecule has 0 spiro atoms. The van der Waals surface area contributed by atoms with Crippen LogP contribution in [0.25, 0.3) is 6.08 Å². The summed E-state index contributed by atoms with van der Waals surface area (Å²) in [6.07, 6.45) is 1.70. The number of non-ortho nitro benzene ring substituents is 1. The molecule has 11 heteroatoms. The standard InChI is InChI=1S/C16H11N3O5S3/c20-12-4-3-9(19(23)24)6-11(12)17-14(21)8-18-15(22)13(27-16(18)25)7-10-2-1-5-26-10/h1-7,20H,8H2,(H,17,21). The van der Waals surface area contributed by atoms with Crippen molar-refractivity contribution in [3.63, 3.8) is 0 Å². The second kappa shape index (κ2) is 7.86. The number of anilines is 1. The average molecular weight is 421 g/mol. The van der Waals surface area contributed by atoms with Crippen LogP contribution in [-0.2, 0) is 9.59 Å². The lowest BCUT2D eigenvalue weighted by molar-refractivity contribution is -0.384. The molecule has 1 saturated heterocycles. The summed E-state index contributed by atoms with van der Waals surface area (Å²) in [5.74, 6) is -1.35. The van der Waals surface area contributed by atoms with Crippen LogP contribution in [0.3, 0.4) is 0 Å². The fourth-order valence-electron chi connectivity index (χ4n) is 2.21. The maximum absolute atomic E-state index is 12.5. The Hall–Kier alpha value is -2.76. The molecule has 1 aliphatic heterocycles. The highest BCUT2D eigenvalue weighted by atomic mass is 32.2. The van der Waals surface area contributed by atoms with Crippen LogP contribution in [0.1, 0.15) is 4.88 Å². The number of hydrogen-bond donors (Lipinski definition) is 2. The molecule has 2 N–H and O–H groups in total. The van der Waals surface area contributed by atoms with Crippen LogP contribution in [0.5, 0.6) is 5.75 Å². The first-order chi connectivity index (χ1) is 12.8. The Morgan fingerprint density at radius 3 is 2.85 bits per heavy atom. The van der Waals surface area contributed by atoms with Crippen molar-refractivity contribution in [1.82, 2.24) is 4.90 Å². The topological polar surface area (TPSA) is 113 Å². The number of carbonyl (C=O) groups excluding carboxylic acids is 2. The van der Waals surface area contributed by atoms with Crippen molar-refractivity contribution in [2.45, 2.75) is 0 Å². The number of thioether (sulfide) groups is 1. The second-order valence-corrected chi connectivity index (χ2v) is 7.95. The number of phenols is 1. The minimum Gasteiger partial charge on any atom is -0.506 e. The lowest BCUT2D eigenvalue weighted by Gasteiger charge is -2.14. The van der Waals surface area contributed by atoms with Gasteiger partial charge in [0.1, 0.15) is 16.6 Å². The number of nitrogens with one attached hydrogen (secondary N) is 1.